The molecule has 1 aliphatic rings. The molecule has 4 aromatic rings. The average molecular weight is 843 g/mol. The minimum absolute atomic E-state index is 0.00302. The number of carbonyl (C=O) groups excluding carboxylic acids is 2. The lowest BCUT2D eigenvalue weighted by molar-refractivity contribution is -0.144. The zero-order valence-electron chi connectivity index (χ0n) is 29.2. The van der Waals surface area contributed by atoms with Crippen molar-refractivity contribution in [2.24, 2.45) is 0 Å². The predicted molar refractivity (Wildman–Crippen MR) is 193 cm³/mol. The van der Waals surface area contributed by atoms with Crippen molar-refractivity contribution in [2.75, 3.05) is 26.2 Å². The maximum Gasteiger partial charge on any atom is 0.416 e. The van der Waals surface area contributed by atoms with Crippen molar-refractivity contribution in [2.45, 2.75) is 58.0 Å². The second kappa shape index (κ2) is 16.6. The van der Waals surface area contributed by atoms with Crippen molar-refractivity contribution in [3.05, 3.63) is 120 Å². The highest BCUT2D eigenvalue weighted by Crippen LogP contribution is 2.39. The van der Waals surface area contributed by atoms with E-state index in [1.54, 1.807) is 17.9 Å². The van der Waals surface area contributed by atoms with Crippen LogP contribution in [-0.4, -0.2) is 58.9 Å². The van der Waals surface area contributed by atoms with Gasteiger partial charge in [-0.1, -0.05) is 27.5 Å². The van der Waals surface area contributed by atoms with Crippen molar-refractivity contribution < 1.29 is 45.8 Å². The third kappa shape index (κ3) is 9.12. The van der Waals surface area contributed by atoms with Gasteiger partial charge in [0.15, 0.2) is 0 Å². The molecule has 1 aliphatic heterocycles. The number of ether oxygens (including phenoxy) is 1. The first-order valence-corrected chi connectivity index (χ1v) is 17.9. The number of phenols is 1. The minimum atomic E-state index is -4.98. The van der Waals surface area contributed by atoms with Crippen LogP contribution in [0.4, 0.5) is 26.3 Å². The summed E-state index contributed by atoms with van der Waals surface area (Å²) in [5.74, 6) is -4.12. The van der Waals surface area contributed by atoms with E-state index in [2.05, 4.69) is 21.2 Å². The molecule has 2 N–H and O–H groups in total. The molecule has 0 spiro atoms. The number of benzene rings is 3. The molecule has 288 valence electrons. The van der Waals surface area contributed by atoms with E-state index in [4.69, 9.17) is 16.3 Å². The van der Waals surface area contributed by atoms with E-state index < -0.39 is 76.6 Å². The maximum absolute atomic E-state index is 16.1. The minimum Gasteiger partial charge on any atom is -0.507 e. The predicted octanol–water partition coefficient (Wildman–Crippen LogP) is 8.15. The number of hydrogen-bond acceptors (Lipinski definition) is 6. The maximum atomic E-state index is 16.1. The number of phenolic OH excluding ortho intramolecular Hbond substituents is 1. The monoisotopic (exact) mass is 841 g/mol. The number of rotatable bonds is 12. The zero-order valence-corrected chi connectivity index (χ0v) is 31.5. The molecule has 3 aromatic carbocycles. The van der Waals surface area contributed by atoms with E-state index in [-0.39, 0.29) is 70.2 Å². The van der Waals surface area contributed by atoms with Crippen LogP contribution in [0.5, 0.6) is 5.75 Å². The van der Waals surface area contributed by atoms with Crippen LogP contribution in [-0.2, 0) is 26.9 Å². The molecule has 5 rings (SSSR count). The van der Waals surface area contributed by atoms with Crippen LogP contribution in [0.3, 0.4) is 0 Å². The summed E-state index contributed by atoms with van der Waals surface area (Å²) in [7, 11) is 0. The van der Waals surface area contributed by atoms with Gasteiger partial charge in [-0.3, -0.25) is 23.9 Å². The smallest absolute Gasteiger partial charge is 0.416 e. The molecule has 1 aromatic heterocycles. The molecule has 8 nitrogen and oxygen atoms in total. The summed E-state index contributed by atoms with van der Waals surface area (Å²) in [6.07, 6.45) is -6.23. The summed E-state index contributed by atoms with van der Waals surface area (Å²) < 4.78 is 93.8. The SMILES string of the molecule is CCOC(=O)C[C@H](NC(=O)C(c1cc(Br)ccc1F)n1cc(CCN2CC(F)C2)c(C(F)(F)F)cc1=O)c1cc(-c2c(C)cc(Cl)cc2O)cc(C)c1F. The largest absolute Gasteiger partial charge is 0.507 e. The van der Waals surface area contributed by atoms with Gasteiger partial charge in [-0.15, -0.1) is 0 Å². The number of aryl methyl sites for hydroxylation is 2. The molecular weight excluding hydrogens is 808 g/mol. The average Bonchev–Trinajstić information content (AvgIpc) is 3.05. The standard InChI is InChI=1S/C38H35BrClF6N3O5/c1-4-54-33(52)15-30(27-11-22(9-20(3)35(27)43)34-19(2)10-24(40)13-31(34)50)47-37(53)36(26-12-23(39)5-6-29(26)42)49-16-21(7-8-48-17-25(41)18-48)28(14-32(49)51)38(44,45)46/h5-6,9-14,16,25,30,36,50H,4,7-8,15,17-18H2,1-3H3,(H,47,53)/t30-,36?/m0/s1. The zero-order chi connectivity index (χ0) is 39.6. The number of nitrogens with one attached hydrogen (secondary N) is 1. The summed E-state index contributed by atoms with van der Waals surface area (Å²) >= 11 is 9.31. The van der Waals surface area contributed by atoms with Crippen LogP contribution in [0.1, 0.15) is 58.8 Å². The van der Waals surface area contributed by atoms with Gasteiger partial charge in [-0.25, -0.2) is 13.2 Å². The normalized spacial score (nSPS) is 14.7. The Bertz CT molecular complexity index is 2120. The highest BCUT2D eigenvalue weighted by atomic mass is 79.9. The first-order valence-electron chi connectivity index (χ1n) is 16.8. The third-order valence-electron chi connectivity index (χ3n) is 9.08. The van der Waals surface area contributed by atoms with Gasteiger partial charge >= 0.3 is 12.1 Å². The Hall–Kier alpha value is -4.34. The number of carbonyl (C=O) groups is 2. The topological polar surface area (TPSA) is 101 Å². The van der Waals surface area contributed by atoms with Crippen molar-refractivity contribution in [1.29, 1.82) is 0 Å². The summed E-state index contributed by atoms with van der Waals surface area (Å²) in [4.78, 5) is 42.5. The number of aromatic hydroxyl groups is 1. The van der Waals surface area contributed by atoms with Crippen LogP contribution < -0.4 is 10.9 Å². The molecule has 0 bridgehead atoms. The van der Waals surface area contributed by atoms with Crippen LogP contribution in [0.15, 0.2) is 64.0 Å². The lowest BCUT2D eigenvalue weighted by Crippen LogP contribution is -2.49. The van der Waals surface area contributed by atoms with Gasteiger partial charge < -0.3 is 15.2 Å². The molecule has 1 amide bonds. The number of amides is 1. The lowest BCUT2D eigenvalue weighted by atomic mass is 9.92. The summed E-state index contributed by atoms with van der Waals surface area (Å²) in [5, 5.41) is 13.6. The van der Waals surface area contributed by atoms with E-state index in [1.807, 2.05) is 0 Å². The Morgan fingerprint density at radius 2 is 1.76 bits per heavy atom. The molecule has 1 unspecified atom stereocenters. The van der Waals surface area contributed by atoms with Gasteiger partial charge in [-0.2, -0.15) is 13.2 Å². The number of hydrogen-bond donors (Lipinski definition) is 2. The highest BCUT2D eigenvalue weighted by molar-refractivity contribution is 9.10. The highest BCUT2D eigenvalue weighted by Gasteiger charge is 2.37. The van der Waals surface area contributed by atoms with E-state index >= 15 is 8.78 Å². The number of halogens is 8. The molecule has 2 heterocycles. The fraction of sp³-hybridized carbons (Fsp3) is 0.342. The fourth-order valence-electron chi connectivity index (χ4n) is 6.54. The first kappa shape index (κ1) is 40.8. The van der Waals surface area contributed by atoms with Gasteiger partial charge in [0.25, 0.3) is 5.56 Å². The van der Waals surface area contributed by atoms with Crippen LogP contribution in [0, 0.1) is 25.5 Å². The quantitative estimate of drug-likeness (QED) is 0.110. The number of alkyl halides is 4. The van der Waals surface area contributed by atoms with Crippen LogP contribution >= 0.6 is 27.5 Å². The molecule has 2 atom stereocenters. The number of nitrogens with zero attached hydrogens (tertiary/aromatic N) is 2. The summed E-state index contributed by atoms with van der Waals surface area (Å²) in [6.45, 7) is 4.58. The van der Waals surface area contributed by atoms with E-state index in [9.17, 15) is 37.1 Å². The second-order valence-electron chi connectivity index (χ2n) is 13.0. The van der Waals surface area contributed by atoms with Crippen molar-refractivity contribution in [1.82, 2.24) is 14.8 Å². The number of esters is 1. The number of aromatic nitrogens is 1. The molecule has 1 saturated heterocycles. The first-order chi connectivity index (χ1) is 25.4. The molecule has 16 heteroatoms. The molecular formula is C38H35BrClF6N3O5. The van der Waals surface area contributed by atoms with E-state index in [0.29, 0.717) is 16.2 Å². The number of pyridine rings is 1. The van der Waals surface area contributed by atoms with Crippen molar-refractivity contribution in [3.8, 4) is 16.9 Å². The van der Waals surface area contributed by atoms with Crippen molar-refractivity contribution >= 4 is 39.4 Å². The van der Waals surface area contributed by atoms with Crippen LogP contribution in [0.25, 0.3) is 11.1 Å². The Balaban J connectivity index is 1.66. The number of likely N-dealkylation sites (tertiary alicyclic amines) is 1. The molecule has 0 aliphatic carbocycles. The second-order valence-corrected chi connectivity index (χ2v) is 14.4. The van der Waals surface area contributed by atoms with Gasteiger partial charge in [0.2, 0.25) is 5.91 Å². The summed E-state index contributed by atoms with van der Waals surface area (Å²) in [5.41, 5.74) is -2.52. The lowest BCUT2D eigenvalue weighted by Gasteiger charge is -2.34. The molecule has 1 fully saturated rings. The van der Waals surface area contributed by atoms with Gasteiger partial charge in [0.1, 0.15) is 29.6 Å². The van der Waals surface area contributed by atoms with E-state index in [1.165, 1.54) is 44.2 Å². The molecule has 0 radical (unpaired) electrons. The Morgan fingerprint density at radius 1 is 1.06 bits per heavy atom. The van der Waals surface area contributed by atoms with Crippen LogP contribution in [0.2, 0.25) is 5.02 Å². The van der Waals surface area contributed by atoms with E-state index in [0.717, 1.165) is 12.3 Å². The Labute approximate surface area is 319 Å². The van der Waals surface area contributed by atoms with Crippen molar-refractivity contribution in [3.63, 3.8) is 0 Å². The molecule has 54 heavy (non-hydrogen) atoms. The van der Waals surface area contributed by atoms with Gasteiger partial charge in [0, 0.05) is 58.1 Å². The summed E-state index contributed by atoms with van der Waals surface area (Å²) in [6, 6.07) is 5.86. The Morgan fingerprint density at radius 3 is 2.39 bits per heavy atom. The molecule has 0 saturated carbocycles. The fourth-order valence-corrected chi connectivity index (χ4v) is 7.18. The van der Waals surface area contributed by atoms with Gasteiger partial charge in [0.05, 0.1) is 24.6 Å². The Kier molecular flexibility index (Phi) is 12.5. The third-order valence-corrected chi connectivity index (χ3v) is 9.79. The van der Waals surface area contributed by atoms with Gasteiger partial charge in [-0.05, 0) is 91.9 Å².